The number of anilines is 1. The summed E-state index contributed by atoms with van der Waals surface area (Å²) < 4.78 is 0. The van der Waals surface area contributed by atoms with Crippen molar-refractivity contribution in [3.8, 4) is 28.1 Å². The Bertz CT molecular complexity index is 905. The lowest BCUT2D eigenvalue weighted by atomic mass is 10.0. The summed E-state index contributed by atoms with van der Waals surface area (Å²) >= 11 is 0. The molecule has 0 spiro atoms. The van der Waals surface area contributed by atoms with Gasteiger partial charge >= 0.3 is 0 Å². The Labute approximate surface area is 182 Å². The van der Waals surface area contributed by atoms with Crippen molar-refractivity contribution in [3.63, 3.8) is 0 Å². The van der Waals surface area contributed by atoms with E-state index in [0.29, 0.717) is 29.3 Å². The fourth-order valence-electron chi connectivity index (χ4n) is 3.46. The average Bonchev–Trinajstić information content (AvgIpc) is 3.22. The Morgan fingerprint density at radius 1 is 1.14 bits per heavy atom. The van der Waals surface area contributed by atoms with Crippen LogP contribution in [0.2, 0.25) is 0 Å². The highest BCUT2D eigenvalue weighted by molar-refractivity contribution is 5.85. The van der Waals surface area contributed by atoms with Crippen molar-refractivity contribution in [3.05, 3.63) is 36.8 Å². The minimum Gasteiger partial charge on any atom is -0.507 e. The molecule has 8 nitrogen and oxygen atoms in total. The molecule has 1 fully saturated rings. The fraction of sp³-hybridized carbons (Fsp3) is 0.368. The fourth-order valence-corrected chi connectivity index (χ4v) is 3.46. The molecule has 0 unspecified atom stereocenters. The van der Waals surface area contributed by atoms with Gasteiger partial charge in [0.15, 0.2) is 0 Å². The van der Waals surface area contributed by atoms with Crippen molar-refractivity contribution >= 4 is 30.8 Å². The molecule has 4 rings (SSSR count). The van der Waals surface area contributed by atoms with Crippen LogP contribution in [0.15, 0.2) is 36.8 Å². The van der Waals surface area contributed by atoms with Crippen LogP contribution in [0.25, 0.3) is 22.4 Å². The van der Waals surface area contributed by atoms with Crippen LogP contribution in [-0.4, -0.2) is 55.7 Å². The van der Waals surface area contributed by atoms with Gasteiger partial charge < -0.3 is 15.3 Å². The number of aromatic amines is 1. The maximum Gasteiger partial charge on any atom is 0.245 e. The molecular formula is C19H25Cl2N7O. The van der Waals surface area contributed by atoms with Crippen LogP contribution in [0.4, 0.5) is 5.95 Å². The number of H-pyrrole nitrogens is 1. The van der Waals surface area contributed by atoms with E-state index in [1.807, 2.05) is 12.1 Å². The van der Waals surface area contributed by atoms with Crippen LogP contribution in [0.1, 0.15) is 20.3 Å². The third-order valence-electron chi connectivity index (χ3n) is 4.89. The van der Waals surface area contributed by atoms with Crippen molar-refractivity contribution in [2.24, 2.45) is 0 Å². The number of phenols is 1. The molecule has 0 aliphatic carbocycles. The molecule has 3 heterocycles. The Morgan fingerprint density at radius 2 is 1.97 bits per heavy atom. The van der Waals surface area contributed by atoms with E-state index >= 15 is 0 Å². The zero-order chi connectivity index (χ0) is 18.8. The first-order chi connectivity index (χ1) is 13.1. The first-order valence-corrected chi connectivity index (χ1v) is 9.17. The number of aromatic hydroxyl groups is 1. The smallest absolute Gasteiger partial charge is 0.245 e. The Hall–Kier alpha value is -2.42. The van der Waals surface area contributed by atoms with E-state index in [9.17, 15) is 5.11 Å². The van der Waals surface area contributed by atoms with Gasteiger partial charge in [0.05, 0.1) is 12.4 Å². The van der Waals surface area contributed by atoms with Crippen molar-refractivity contribution in [1.82, 2.24) is 30.7 Å². The highest BCUT2D eigenvalue weighted by Crippen LogP contribution is 2.31. The Kier molecular flexibility index (Phi) is 7.78. The summed E-state index contributed by atoms with van der Waals surface area (Å²) in [4.78, 5) is 6.65. The van der Waals surface area contributed by atoms with Gasteiger partial charge in [-0.15, -0.1) is 35.0 Å². The largest absolute Gasteiger partial charge is 0.507 e. The number of rotatable bonds is 4. The van der Waals surface area contributed by atoms with Gasteiger partial charge in [-0.05, 0) is 31.0 Å². The van der Waals surface area contributed by atoms with Crippen molar-refractivity contribution < 1.29 is 5.11 Å². The van der Waals surface area contributed by atoms with E-state index in [1.165, 1.54) is 0 Å². The second-order valence-electron chi connectivity index (χ2n) is 6.94. The summed E-state index contributed by atoms with van der Waals surface area (Å²) in [5.41, 5.74) is 2.94. The van der Waals surface area contributed by atoms with Gasteiger partial charge in [0.25, 0.3) is 0 Å². The monoisotopic (exact) mass is 437 g/mol. The SMILES string of the molecule is CC[C@H]1CN(c2ncc(-c3ccc(-c4cn[nH]c4)cc3O)nn2)C[C@@H](C)N1.Cl.Cl. The molecule has 1 aromatic carbocycles. The third kappa shape index (κ3) is 4.95. The van der Waals surface area contributed by atoms with Gasteiger partial charge in [-0.1, -0.05) is 13.0 Å². The average molecular weight is 438 g/mol. The number of phenolic OH excluding ortho intramolecular Hbond substituents is 1. The number of aromatic nitrogens is 5. The van der Waals surface area contributed by atoms with E-state index in [-0.39, 0.29) is 30.6 Å². The number of nitrogens with one attached hydrogen (secondary N) is 2. The van der Waals surface area contributed by atoms with Crippen LogP contribution < -0.4 is 10.2 Å². The summed E-state index contributed by atoms with van der Waals surface area (Å²) in [6, 6.07) is 6.24. The number of halogens is 2. The number of hydrogen-bond acceptors (Lipinski definition) is 7. The minimum absolute atomic E-state index is 0. The number of benzene rings is 1. The van der Waals surface area contributed by atoms with Gasteiger partial charge in [0.2, 0.25) is 5.95 Å². The molecule has 10 heteroatoms. The second-order valence-corrected chi connectivity index (χ2v) is 6.94. The lowest BCUT2D eigenvalue weighted by Gasteiger charge is -2.37. The van der Waals surface area contributed by atoms with Gasteiger partial charge in [0.1, 0.15) is 11.4 Å². The summed E-state index contributed by atoms with van der Waals surface area (Å²) in [7, 11) is 0. The summed E-state index contributed by atoms with van der Waals surface area (Å²) in [5, 5.41) is 29.3. The Balaban J connectivity index is 0.00000150. The zero-order valence-corrected chi connectivity index (χ0v) is 17.9. The molecular weight excluding hydrogens is 413 g/mol. The summed E-state index contributed by atoms with van der Waals surface area (Å²) in [6.45, 7) is 6.05. The lowest BCUT2D eigenvalue weighted by Crippen LogP contribution is -2.55. The molecule has 2 aromatic heterocycles. The maximum atomic E-state index is 10.4. The molecule has 1 saturated heterocycles. The molecule has 29 heavy (non-hydrogen) atoms. The highest BCUT2D eigenvalue weighted by Gasteiger charge is 2.24. The van der Waals surface area contributed by atoms with Gasteiger partial charge in [-0.25, -0.2) is 4.98 Å². The molecule has 0 saturated carbocycles. The second kappa shape index (κ2) is 9.87. The first-order valence-electron chi connectivity index (χ1n) is 9.17. The number of hydrogen-bond donors (Lipinski definition) is 3. The van der Waals surface area contributed by atoms with E-state index < -0.39 is 0 Å². The van der Waals surface area contributed by atoms with E-state index in [1.54, 1.807) is 24.7 Å². The van der Waals surface area contributed by atoms with E-state index in [2.05, 4.69) is 49.4 Å². The molecule has 0 amide bonds. The van der Waals surface area contributed by atoms with Gasteiger partial charge in [0, 0.05) is 42.5 Å². The number of nitrogens with zero attached hydrogens (tertiary/aromatic N) is 5. The van der Waals surface area contributed by atoms with Crippen molar-refractivity contribution in [1.29, 1.82) is 0 Å². The highest BCUT2D eigenvalue weighted by atomic mass is 35.5. The minimum atomic E-state index is 0. The third-order valence-corrected chi connectivity index (χ3v) is 4.89. The topological polar surface area (TPSA) is 103 Å². The standard InChI is InChI=1S/C19H23N7O.2ClH/c1-3-15-11-26(10-12(2)23-15)19-20-9-17(24-25-19)16-5-4-13(6-18(16)27)14-7-21-22-8-14;;/h4-9,12,15,23,27H,3,10-11H2,1-2H3,(H,21,22);2*1H/t12-,15+;;/m1../s1. The van der Waals surface area contributed by atoms with Crippen molar-refractivity contribution in [2.75, 3.05) is 18.0 Å². The van der Waals surface area contributed by atoms with Gasteiger partial charge in [-0.2, -0.15) is 5.10 Å². The molecule has 0 bridgehead atoms. The van der Waals surface area contributed by atoms with E-state index in [4.69, 9.17) is 0 Å². The van der Waals surface area contributed by atoms with Gasteiger partial charge in [-0.3, -0.25) is 5.10 Å². The summed E-state index contributed by atoms with van der Waals surface area (Å²) in [5.74, 6) is 0.763. The van der Waals surface area contributed by atoms with Crippen LogP contribution in [0.3, 0.4) is 0 Å². The first kappa shape index (κ1) is 22.9. The Morgan fingerprint density at radius 3 is 2.59 bits per heavy atom. The van der Waals surface area contributed by atoms with Crippen LogP contribution in [0, 0.1) is 0 Å². The predicted octanol–water partition coefficient (Wildman–Crippen LogP) is 3.05. The van der Waals surface area contributed by atoms with Crippen LogP contribution in [-0.2, 0) is 0 Å². The molecule has 3 N–H and O–H groups in total. The van der Waals surface area contributed by atoms with Crippen LogP contribution in [0.5, 0.6) is 5.75 Å². The molecule has 1 aliphatic heterocycles. The number of piperazine rings is 1. The molecule has 1 aliphatic rings. The van der Waals surface area contributed by atoms with E-state index in [0.717, 1.165) is 30.6 Å². The lowest BCUT2D eigenvalue weighted by molar-refractivity contribution is 0.376. The van der Waals surface area contributed by atoms with Crippen LogP contribution >= 0.6 is 24.8 Å². The predicted molar refractivity (Wildman–Crippen MR) is 118 cm³/mol. The quantitative estimate of drug-likeness (QED) is 0.575. The summed E-state index contributed by atoms with van der Waals surface area (Å²) in [6.07, 6.45) is 6.22. The van der Waals surface area contributed by atoms with Crippen molar-refractivity contribution in [2.45, 2.75) is 32.4 Å². The molecule has 3 aromatic rings. The molecule has 0 radical (unpaired) electrons. The molecule has 156 valence electrons. The normalized spacial score (nSPS) is 18.6. The molecule has 2 atom stereocenters. The zero-order valence-electron chi connectivity index (χ0n) is 16.2. The maximum absolute atomic E-state index is 10.4.